The van der Waals surface area contributed by atoms with Gasteiger partial charge in [-0.05, 0) is 0 Å². The fourth-order valence-electron chi connectivity index (χ4n) is 1.50. The summed E-state index contributed by atoms with van der Waals surface area (Å²) in [5.74, 6) is 2.03. The highest BCUT2D eigenvalue weighted by Crippen LogP contribution is 2.08. The van der Waals surface area contributed by atoms with Gasteiger partial charge in [0.05, 0.1) is 6.33 Å². The molecule has 0 atom stereocenters. The predicted molar refractivity (Wildman–Crippen MR) is 66.5 cm³/mol. The van der Waals surface area contributed by atoms with Gasteiger partial charge in [0.15, 0.2) is 0 Å². The summed E-state index contributed by atoms with van der Waals surface area (Å²) in [6.07, 6.45) is 6.25. The van der Waals surface area contributed by atoms with Gasteiger partial charge in [0.25, 0.3) is 0 Å². The lowest BCUT2D eigenvalue weighted by atomic mass is 10.4. The van der Waals surface area contributed by atoms with Crippen LogP contribution in [0.25, 0.3) is 0 Å². The zero-order valence-corrected chi connectivity index (χ0v) is 9.80. The quantitative estimate of drug-likeness (QED) is 0.801. The molecule has 0 amide bonds. The van der Waals surface area contributed by atoms with E-state index in [1.165, 1.54) is 0 Å². The second kappa shape index (κ2) is 5.29. The van der Waals surface area contributed by atoms with Crippen LogP contribution in [0.3, 0.4) is 0 Å². The molecule has 0 aliphatic heterocycles. The molecule has 0 saturated heterocycles. The number of hydrogen-bond acceptors (Lipinski definition) is 5. The Morgan fingerprint density at radius 1 is 1.41 bits per heavy atom. The van der Waals surface area contributed by atoms with Crippen molar-refractivity contribution < 1.29 is 0 Å². The number of anilines is 2. The molecule has 0 fully saturated rings. The van der Waals surface area contributed by atoms with Crippen molar-refractivity contribution in [1.29, 1.82) is 0 Å². The number of imidazole rings is 1. The van der Waals surface area contributed by atoms with Crippen molar-refractivity contribution in [2.75, 3.05) is 17.6 Å². The van der Waals surface area contributed by atoms with E-state index in [9.17, 15) is 0 Å². The number of aryl methyl sites for hydroxylation is 1. The normalized spacial score (nSPS) is 10.4. The monoisotopic (exact) mass is 232 g/mol. The predicted octanol–water partition coefficient (Wildman–Crippen LogP) is 0.930. The Kier molecular flexibility index (Phi) is 3.54. The maximum atomic E-state index is 5.69. The van der Waals surface area contributed by atoms with E-state index in [1.54, 1.807) is 18.6 Å². The van der Waals surface area contributed by atoms with Crippen molar-refractivity contribution >= 4 is 11.6 Å². The van der Waals surface area contributed by atoms with Crippen molar-refractivity contribution in [3.05, 3.63) is 30.6 Å². The van der Waals surface area contributed by atoms with E-state index < -0.39 is 0 Å². The fourth-order valence-corrected chi connectivity index (χ4v) is 1.50. The molecule has 2 aromatic rings. The molecule has 90 valence electrons. The van der Waals surface area contributed by atoms with E-state index in [2.05, 4.69) is 20.3 Å². The summed E-state index contributed by atoms with van der Waals surface area (Å²) in [6, 6.07) is 1.74. The van der Waals surface area contributed by atoms with E-state index in [4.69, 9.17) is 5.73 Å². The second-order valence-corrected chi connectivity index (χ2v) is 3.68. The average molecular weight is 232 g/mol. The van der Waals surface area contributed by atoms with Gasteiger partial charge in [-0.2, -0.15) is 0 Å². The van der Waals surface area contributed by atoms with Crippen molar-refractivity contribution in [2.45, 2.75) is 19.9 Å². The fraction of sp³-hybridized carbons (Fsp3) is 0.364. The highest BCUT2D eigenvalue weighted by atomic mass is 15.1. The molecular formula is C11H16N6. The number of nitrogens with two attached hydrogens (primary N) is 1. The number of hydrogen-bond donors (Lipinski definition) is 2. The van der Waals surface area contributed by atoms with E-state index in [-0.39, 0.29) is 0 Å². The van der Waals surface area contributed by atoms with Gasteiger partial charge in [0.2, 0.25) is 0 Å². The van der Waals surface area contributed by atoms with Crippen LogP contribution in [0.1, 0.15) is 12.7 Å². The minimum Gasteiger partial charge on any atom is -0.384 e. The first-order valence-electron chi connectivity index (χ1n) is 5.61. The molecule has 17 heavy (non-hydrogen) atoms. The van der Waals surface area contributed by atoms with Crippen molar-refractivity contribution in [2.24, 2.45) is 0 Å². The van der Waals surface area contributed by atoms with Crippen LogP contribution in [0.4, 0.5) is 11.6 Å². The molecule has 0 bridgehead atoms. The first-order chi connectivity index (χ1) is 8.28. The molecule has 0 spiro atoms. The molecule has 2 rings (SSSR count). The van der Waals surface area contributed by atoms with Gasteiger partial charge in [0, 0.05) is 38.0 Å². The average Bonchev–Trinajstić information content (AvgIpc) is 2.81. The molecule has 0 unspecified atom stereocenters. The third-order valence-electron chi connectivity index (χ3n) is 2.34. The van der Waals surface area contributed by atoms with Crippen molar-refractivity contribution in [3.63, 3.8) is 0 Å². The molecule has 6 heteroatoms. The van der Waals surface area contributed by atoms with Gasteiger partial charge in [-0.15, -0.1) is 0 Å². The van der Waals surface area contributed by atoms with E-state index in [0.29, 0.717) is 5.82 Å². The number of nitrogens with one attached hydrogen (secondary N) is 1. The molecule has 0 aromatic carbocycles. The summed E-state index contributed by atoms with van der Waals surface area (Å²) in [5, 5.41) is 3.22. The largest absolute Gasteiger partial charge is 0.384 e. The van der Waals surface area contributed by atoms with E-state index >= 15 is 0 Å². The van der Waals surface area contributed by atoms with Gasteiger partial charge in [-0.1, -0.05) is 6.92 Å². The number of aromatic nitrogens is 4. The molecule has 3 N–H and O–H groups in total. The summed E-state index contributed by atoms with van der Waals surface area (Å²) >= 11 is 0. The first-order valence-corrected chi connectivity index (χ1v) is 5.61. The zero-order valence-electron chi connectivity index (χ0n) is 9.80. The van der Waals surface area contributed by atoms with Crippen LogP contribution in [0.15, 0.2) is 24.8 Å². The van der Waals surface area contributed by atoms with Crippen LogP contribution in [0.2, 0.25) is 0 Å². The minimum atomic E-state index is 0.502. The molecule has 0 aliphatic rings. The van der Waals surface area contributed by atoms with Crippen LogP contribution in [-0.2, 0) is 13.0 Å². The van der Waals surface area contributed by atoms with Crippen LogP contribution >= 0.6 is 0 Å². The first kappa shape index (κ1) is 11.4. The molecule has 6 nitrogen and oxygen atoms in total. The highest BCUT2D eigenvalue weighted by molar-refractivity contribution is 5.44. The summed E-state index contributed by atoms with van der Waals surface area (Å²) in [4.78, 5) is 12.4. The maximum absolute atomic E-state index is 5.69. The van der Waals surface area contributed by atoms with Crippen LogP contribution < -0.4 is 11.1 Å². The van der Waals surface area contributed by atoms with Crippen LogP contribution in [-0.4, -0.2) is 26.1 Å². The van der Waals surface area contributed by atoms with Gasteiger partial charge < -0.3 is 15.6 Å². The third-order valence-corrected chi connectivity index (χ3v) is 2.34. The smallest absolute Gasteiger partial charge is 0.132 e. The van der Waals surface area contributed by atoms with Crippen LogP contribution in [0, 0.1) is 0 Å². The molecular weight excluding hydrogens is 216 g/mol. The SMILES string of the molecule is CCc1nc(N)cc(NCCn2ccnc2)n1. The summed E-state index contributed by atoms with van der Waals surface area (Å²) in [6.45, 7) is 3.62. The number of rotatable bonds is 5. The van der Waals surface area contributed by atoms with Crippen molar-refractivity contribution in [3.8, 4) is 0 Å². The minimum absolute atomic E-state index is 0.502. The lowest BCUT2D eigenvalue weighted by molar-refractivity contribution is 0.724. The molecule has 2 heterocycles. The molecule has 2 aromatic heterocycles. The standard InChI is InChI=1S/C11H16N6/c1-2-10-15-9(12)7-11(16-10)14-4-6-17-5-3-13-8-17/h3,5,7-8H,2,4,6H2,1H3,(H3,12,14,15,16). The van der Waals surface area contributed by atoms with Gasteiger partial charge in [-0.3, -0.25) is 0 Å². The lowest BCUT2D eigenvalue weighted by Gasteiger charge is -2.08. The third kappa shape index (κ3) is 3.17. The molecule has 0 radical (unpaired) electrons. The van der Waals surface area contributed by atoms with Gasteiger partial charge in [-0.25, -0.2) is 15.0 Å². The zero-order chi connectivity index (χ0) is 12.1. The summed E-state index contributed by atoms with van der Waals surface area (Å²) < 4.78 is 2.00. The van der Waals surface area contributed by atoms with Crippen LogP contribution in [0.5, 0.6) is 0 Å². The van der Waals surface area contributed by atoms with Gasteiger partial charge >= 0.3 is 0 Å². The Bertz CT molecular complexity index is 465. The molecule has 0 saturated carbocycles. The van der Waals surface area contributed by atoms with E-state index in [1.807, 2.05) is 17.7 Å². The maximum Gasteiger partial charge on any atom is 0.132 e. The highest BCUT2D eigenvalue weighted by Gasteiger charge is 2.00. The summed E-state index contributed by atoms with van der Waals surface area (Å²) in [5.41, 5.74) is 5.69. The number of nitrogens with zero attached hydrogens (tertiary/aromatic N) is 4. The Hall–Kier alpha value is -2.11. The Labute approximate surface area is 99.9 Å². The van der Waals surface area contributed by atoms with Crippen molar-refractivity contribution in [1.82, 2.24) is 19.5 Å². The summed E-state index contributed by atoms with van der Waals surface area (Å²) in [7, 11) is 0. The molecule has 0 aliphatic carbocycles. The number of nitrogen functional groups attached to an aromatic ring is 1. The second-order valence-electron chi connectivity index (χ2n) is 3.68. The lowest BCUT2D eigenvalue weighted by Crippen LogP contribution is -2.11. The topological polar surface area (TPSA) is 81.6 Å². The Balaban J connectivity index is 1.92. The Morgan fingerprint density at radius 3 is 3.00 bits per heavy atom. The van der Waals surface area contributed by atoms with Gasteiger partial charge in [0.1, 0.15) is 17.5 Å². The van der Waals surface area contributed by atoms with E-state index in [0.717, 1.165) is 31.2 Å². The Morgan fingerprint density at radius 2 is 2.29 bits per heavy atom.